The Bertz CT molecular complexity index is 437. The molecule has 0 heterocycles. The third-order valence-electron chi connectivity index (χ3n) is 1.61. The van der Waals surface area contributed by atoms with Crippen molar-refractivity contribution < 1.29 is 22.9 Å². The zero-order valence-corrected chi connectivity index (χ0v) is 7.62. The lowest BCUT2D eigenvalue weighted by molar-refractivity contribution is -0.384. The molecule has 16 heavy (non-hydrogen) atoms. The van der Waals surface area contributed by atoms with Gasteiger partial charge in [-0.05, 0) is 6.07 Å². The third kappa shape index (κ3) is 2.69. The summed E-state index contributed by atoms with van der Waals surface area (Å²) < 4.78 is 36.4. The van der Waals surface area contributed by atoms with Crippen LogP contribution in [0.5, 0.6) is 0 Å². The highest BCUT2D eigenvalue weighted by Gasteiger charge is 2.21. The molecule has 1 rings (SSSR count). The summed E-state index contributed by atoms with van der Waals surface area (Å²) in [5.74, 6) is -2.61. The zero-order valence-electron chi connectivity index (χ0n) is 7.62. The highest BCUT2D eigenvalue weighted by Crippen LogP contribution is 2.25. The minimum absolute atomic E-state index is 0.596. The van der Waals surface area contributed by atoms with Crippen LogP contribution >= 0.6 is 0 Å². The average Bonchev–Trinajstić information content (AvgIpc) is 2.16. The third-order valence-corrected chi connectivity index (χ3v) is 1.61. The van der Waals surface area contributed by atoms with Crippen LogP contribution < -0.4 is 5.32 Å². The minimum Gasteiger partial charge on any atom is -0.315 e. The lowest BCUT2D eigenvalue weighted by Crippen LogP contribution is -2.20. The Morgan fingerprint density at radius 1 is 1.44 bits per heavy atom. The molecule has 0 saturated carbocycles. The second kappa shape index (κ2) is 4.60. The number of amides is 1. The van der Waals surface area contributed by atoms with E-state index in [4.69, 9.17) is 0 Å². The van der Waals surface area contributed by atoms with E-state index < -0.39 is 34.4 Å². The molecule has 0 aliphatic heterocycles. The van der Waals surface area contributed by atoms with Crippen LogP contribution in [0.25, 0.3) is 0 Å². The van der Waals surface area contributed by atoms with Crippen LogP contribution in [0.15, 0.2) is 18.2 Å². The number of anilines is 1. The van der Waals surface area contributed by atoms with Gasteiger partial charge in [0.25, 0.3) is 11.6 Å². The number of carbonyl (C=O) groups excluding carboxylic acids is 1. The van der Waals surface area contributed by atoms with E-state index in [0.717, 1.165) is 12.1 Å². The Hall–Kier alpha value is -2.12. The van der Waals surface area contributed by atoms with Gasteiger partial charge in [0.15, 0.2) is 0 Å². The maximum absolute atomic E-state index is 12.7. The molecular formula is C8H5F3N2O3. The average molecular weight is 234 g/mol. The number of benzene rings is 1. The fourth-order valence-electron chi connectivity index (χ4n) is 0.955. The first kappa shape index (κ1) is 12.0. The molecular weight excluding hydrogens is 229 g/mol. The molecule has 1 N–H and O–H groups in total. The van der Waals surface area contributed by atoms with E-state index in [1.165, 1.54) is 0 Å². The predicted molar refractivity (Wildman–Crippen MR) is 47.7 cm³/mol. The molecule has 0 aliphatic carbocycles. The number of nitro benzene ring substituents is 1. The van der Waals surface area contributed by atoms with E-state index in [1.54, 1.807) is 5.32 Å². The molecule has 0 atom stereocenters. The molecule has 0 radical (unpaired) electrons. The summed E-state index contributed by atoms with van der Waals surface area (Å²) in [5.41, 5.74) is -1.26. The second-order valence-corrected chi connectivity index (χ2v) is 2.71. The van der Waals surface area contributed by atoms with Gasteiger partial charge in [-0.2, -0.15) is 8.78 Å². The first-order valence-corrected chi connectivity index (χ1v) is 3.95. The summed E-state index contributed by atoms with van der Waals surface area (Å²) in [5, 5.41) is 12.0. The van der Waals surface area contributed by atoms with Gasteiger partial charge in [-0.3, -0.25) is 14.9 Å². The molecule has 5 nitrogen and oxygen atoms in total. The fraction of sp³-hybridized carbons (Fsp3) is 0.125. The minimum atomic E-state index is -3.33. The molecule has 86 valence electrons. The zero-order chi connectivity index (χ0) is 12.3. The van der Waals surface area contributed by atoms with Crippen molar-refractivity contribution in [2.45, 2.75) is 6.43 Å². The van der Waals surface area contributed by atoms with Gasteiger partial charge in [-0.1, -0.05) is 0 Å². The van der Waals surface area contributed by atoms with Crippen molar-refractivity contribution >= 4 is 17.3 Å². The number of halogens is 3. The van der Waals surface area contributed by atoms with Gasteiger partial charge in [-0.25, -0.2) is 4.39 Å². The summed E-state index contributed by atoms with van der Waals surface area (Å²) in [7, 11) is 0. The number of nitrogens with one attached hydrogen (secondary N) is 1. The van der Waals surface area contributed by atoms with Crippen LogP contribution in [-0.2, 0) is 4.79 Å². The van der Waals surface area contributed by atoms with Crippen LogP contribution in [0.2, 0.25) is 0 Å². The Kier molecular flexibility index (Phi) is 3.44. The Balaban J connectivity index is 3.06. The van der Waals surface area contributed by atoms with Gasteiger partial charge in [0.05, 0.1) is 4.92 Å². The van der Waals surface area contributed by atoms with Crippen LogP contribution in [0.4, 0.5) is 24.5 Å². The van der Waals surface area contributed by atoms with Crippen molar-refractivity contribution in [1.82, 2.24) is 0 Å². The number of hydrogen-bond donors (Lipinski definition) is 1. The Morgan fingerprint density at radius 2 is 2.06 bits per heavy atom. The van der Waals surface area contributed by atoms with Gasteiger partial charge in [-0.15, -0.1) is 0 Å². The van der Waals surface area contributed by atoms with Crippen LogP contribution in [-0.4, -0.2) is 17.3 Å². The smallest absolute Gasteiger partial charge is 0.315 e. The molecule has 0 fully saturated rings. The van der Waals surface area contributed by atoms with Gasteiger partial charge in [0, 0.05) is 12.1 Å². The normalized spacial score (nSPS) is 10.2. The van der Waals surface area contributed by atoms with E-state index in [-0.39, 0.29) is 0 Å². The molecule has 8 heteroatoms. The van der Waals surface area contributed by atoms with Gasteiger partial charge >= 0.3 is 6.43 Å². The second-order valence-electron chi connectivity index (χ2n) is 2.71. The number of nitrogens with zero attached hydrogens (tertiary/aromatic N) is 1. The maximum atomic E-state index is 12.7. The number of alkyl halides is 2. The van der Waals surface area contributed by atoms with E-state index in [0.29, 0.717) is 6.07 Å². The molecule has 0 aliphatic rings. The van der Waals surface area contributed by atoms with Crippen molar-refractivity contribution in [2.24, 2.45) is 0 Å². The lowest BCUT2D eigenvalue weighted by atomic mass is 10.2. The van der Waals surface area contributed by atoms with E-state index in [2.05, 4.69) is 0 Å². The molecule has 1 aromatic rings. The quantitative estimate of drug-likeness (QED) is 0.641. The predicted octanol–water partition coefficient (Wildman–Crippen LogP) is 1.94. The molecule has 1 amide bonds. The first-order valence-electron chi connectivity index (χ1n) is 3.95. The molecule has 0 unspecified atom stereocenters. The van der Waals surface area contributed by atoms with Crippen LogP contribution in [0.1, 0.15) is 0 Å². The van der Waals surface area contributed by atoms with Crippen molar-refractivity contribution in [1.29, 1.82) is 0 Å². The summed E-state index contributed by atoms with van der Waals surface area (Å²) in [4.78, 5) is 20.1. The van der Waals surface area contributed by atoms with E-state index in [1.807, 2.05) is 0 Å². The number of carbonyl (C=O) groups is 1. The molecule has 0 spiro atoms. The number of rotatable bonds is 3. The van der Waals surface area contributed by atoms with Crippen molar-refractivity contribution in [3.63, 3.8) is 0 Å². The molecule has 0 aromatic heterocycles. The summed E-state index contributed by atoms with van der Waals surface area (Å²) >= 11 is 0. The largest absolute Gasteiger partial charge is 0.315 e. The molecule has 1 aromatic carbocycles. The Labute approximate surface area is 87.0 Å². The molecule has 0 bridgehead atoms. The number of hydrogen-bond acceptors (Lipinski definition) is 3. The van der Waals surface area contributed by atoms with Gasteiger partial charge in [0.2, 0.25) is 0 Å². The van der Waals surface area contributed by atoms with Gasteiger partial charge < -0.3 is 5.32 Å². The van der Waals surface area contributed by atoms with Crippen LogP contribution in [0.3, 0.4) is 0 Å². The highest BCUT2D eigenvalue weighted by molar-refractivity contribution is 5.95. The molecule has 0 saturated heterocycles. The lowest BCUT2D eigenvalue weighted by Gasteiger charge is -2.04. The monoisotopic (exact) mass is 234 g/mol. The van der Waals surface area contributed by atoms with Gasteiger partial charge in [0.1, 0.15) is 11.5 Å². The summed E-state index contributed by atoms with van der Waals surface area (Å²) in [6, 6.07) is 2.16. The Morgan fingerprint density at radius 3 is 2.56 bits per heavy atom. The van der Waals surface area contributed by atoms with Crippen molar-refractivity contribution in [3.8, 4) is 0 Å². The standard InChI is InChI=1S/C8H5F3N2O3/c9-4-1-2-6(13(15)16)5(3-4)12-8(14)7(10)11/h1-3,7H,(H,12,14). The van der Waals surface area contributed by atoms with E-state index >= 15 is 0 Å². The van der Waals surface area contributed by atoms with Crippen molar-refractivity contribution in [2.75, 3.05) is 5.32 Å². The van der Waals surface area contributed by atoms with Crippen LogP contribution in [0, 0.1) is 15.9 Å². The SMILES string of the molecule is O=C(Nc1cc(F)ccc1[N+](=O)[O-])C(F)F. The van der Waals surface area contributed by atoms with Crippen molar-refractivity contribution in [3.05, 3.63) is 34.1 Å². The maximum Gasteiger partial charge on any atom is 0.315 e. The first-order chi connectivity index (χ1) is 7.41. The summed E-state index contributed by atoms with van der Waals surface area (Å²) in [6.07, 6.45) is -3.33. The van der Waals surface area contributed by atoms with E-state index in [9.17, 15) is 28.1 Å². The topological polar surface area (TPSA) is 72.2 Å². The summed E-state index contributed by atoms with van der Waals surface area (Å²) in [6.45, 7) is 0. The number of nitro groups is 1. The fourth-order valence-corrected chi connectivity index (χ4v) is 0.955. The highest BCUT2D eigenvalue weighted by atomic mass is 19.3.